The van der Waals surface area contributed by atoms with E-state index in [1.807, 2.05) is 0 Å². The standard InChI is InChI=1S/C24H26ClN3O6S/c25-16-7-10-19-18(13-16)27-24(34-19)15-5-8-17(9-6-15)26-23(30)20-11-12-21(33-20)35(31,32)28-22(29)14-3-1-2-4-14/h7,10-15,17H,1-6,8-9H2,(H,26,30)(H,28,29). The monoisotopic (exact) mass is 519 g/mol. The fourth-order valence-corrected chi connectivity index (χ4v) is 6.02. The van der Waals surface area contributed by atoms with Gasteiger partial charge in [-0.05, 0) is 68.9 Å². The summed E-state index contributed by atoms with van der Waals surface area (Å²) >= 11 is 6.03. The molecule has 186 valence electrons. The zero-order chi connectivity index (χ0) is 24.6. The Bertz CT molecular complexity index is 1350. The lowest BCUT2D eigenvalue weighted by molar-refractivity contribution is -0.123. The number of nitrogens with zero attached hydrogens (tertiary/aromatic N) is 1. The van der Waals surface area contributed by atoms with Gasteiger partial charge in [-0.3, -0.25) is 9.59 Å². The number of furan rings is 1. The molecular formula is C24H26ClN3O6S. The molecule has 0 saturated heterocycles. The van der Waals surface area contributed by atoms with Crippen molar-refractivity contribution >= 4 is 44.5 Å². The number of aromatic nitrogens is 1. The summed E-state index contributed by atoms with van der Waals surface area (Å²) in [6.45, 7) is 0. The second kappa shape index (κ2) is 9.66. The van der Waals surface area contributed by atoms with Crippen LogP contribution >= 0.6 is 11.6 Å². The van der Waals surface area contributed by atoms with Gasteiger partial charge in [0.05, 0.1) is 0 Å². The quantitative estimate of drug-likeness (QED) is 0.489. The normalized spacial score (nSPS) is 21.3. The van der Waals surface area contributed by atoms with Crippen molar-refractivity contribution in [1.82, 2.24) is 15.0 Å². The molecule has 2 N–H and O–H groups in total. The highest BCUT2D eigenvalue weighted by Gasteiger charge is 2.31. The minimum Gasteiger partial charge on any atom is -0.440 e. The van der Waals surface area contributed by atoms with Crippen LogP contribution in [0.3, 0.4) is 0 Å². The molecule has 2 fully saturated rings. The molecule has 0 spiro atoms. The topological polar surface area (TPSA) is 132 Å². The number of hydrogen-bond acceptors (Lipinski definition) is 7. The molecule has 1 aromatic carbocycles. The van der Waals surface area contributed by atoms with Crippen LogP contribution in [0.15, 0.2) is 44.3 Å². The summed E-state index contributed by atoms with van der Waals surface area (Å²) in [6, 6.07) is 7.75. The number of oxazole rings is 1. The highest BCUT2D eigenvalue weighted by atomic mass is 35.5. The van der Waals surface area contributed by atoms with Crippen molar-refractivity contribution in [1.29, 1.82) is 0 Å². The first kappa shape index (κ1) is 23.9. The van der Waals surface area contributed by atoms with Crippen molar-refractivity contribution in [2.75, 3.05) is 0 Å². The van der Waals surface area contributed by atoms with E-state index in [9.17, 15) is 18.0 Å². The first-order valence-corrected chi connectivity index (χ1v) is 13.7. The number of sulfonamides is 1. The molecule has 0 radical (unpaired) electrons. The van der Waals surface area contributed by atoms with E-state index in [1.54, 1.807) is 18.2 Å². The first-order chi connectivity index (χ1) is 16.8. The summed E-state index contributed by atoms with van der Waals surface area (Å²) in [5.41, 5.74) is 1.42. The van der Waals surface area contributed by atoms with Crippen molar-refractivity contribution in [3.63, 3.8) is 0 Å². The largest absolute Gasteiger partial charge is 0.440 e. The van der Waals surface area contributed by atoms with Gasteiger partial charge in [0, 0.05) is 22.9 Å². The zero-order valence-corrected chi connectivity index (χ0v) is 20.5. The highest BCUT2D eigenvalue weighted by molar-refractivity contribution is 7.89. The minimum absolute atomic E-state index is 0.0789. The van der Waals surface area contributed by atoms with E-state index in [1.165, 1.54) is 12.1 Å². The number of carbonyl (C=O) groups is 2. The molecule has 2 aliphatic carbocycles. The van der Waals surface area contributed by atoms with E-state index in [0.717, 1.165) is 44.0 Å². The van der Waals surface area contributed by atoms with Gasteiger partial charge >= 0.3 is 0 Å². The molecule has 0 bridgehead atoms. The highest BCUT2D eigenvalue weighted by Crippen LogP contribution is 2.34. The molecule has 9 nitrogen and oxygen atoms in total. The zero-order valence-electron chi connectivity index (χ0n) is 19.0. The Kier molecular flexibility index (Phi) is 6.59. The lowest BCUT2D eigenvalue weighted by Gasteiger charge is -2.27. The van der Waals surface area contributed by atoms with Crippen molar-refractivity contribution < 1.29 is 26.8 Å². The Hall–Kier alpha value is -2.85. The summed E-state index contributed by atoms with van der Waals surface area (Å²) in [5.74, 6) is -0.607. The van der Waals surface area contributed by atoms with Crippen LogP contribution in [0.2, 0.25) is 5.02 Å². The summed E-state index contributed by atoms with van der Waals surface area (Å²) in [6.07, 6.45) is 6.20. The number of amides is 2. The van der Waals surface area contributed by atoms with Gasteiger partial charge in [-0.25, -0.2) is 9.71 Å². The number of benzene rings is 1. The van der Waals surface area contributed by atoms with Crippen LogP contribution in [-0.4, -0.2) is 31.3 Å². The fourth-order valence-electron chi connectivity index (χ4n) is 4.87. The maximum Gasteiger partial charge on any atom is 0.297 e. The molecule has 5 rings (SSSR count). The minimum atomic E-state index is -4.17. The van der Waals surface area contributed by atoms with E-state index in [4.69, 9.17) is 20.4 Å². The average Bonchev–Trinajstić information content (AvgIpc) is 3.59. The molecule has 0 aliphatic heterocycles. The summed E-state index contributed by atoms with van der Waals surface area (Å²) < 4.78 is 38.2. The lowest BCUT2D eigenvalue weighted by atomic mass is 9.86. The maximum absolute atomic E-state index is 12.7. The van der Waals surface area contributed by atoms with Crippen molar-refractivity contribution in [3.05, 3.63) is 47.0 Å². The molecule has 3 aromatic rings. The predicted octanol–water partition coefficient (Wildman–Crippen LogP) is 4.53. The molecule has 0 atom stereocenters. The average molecular weight is 520 g/mol. The molecule has 0 unspecified atom stereocenters. The van der Waals surface area contributed by atoms with Crippen LogP contribution in [0.1, 0.15) is 73.7 Å². The third kappa shape index (κ3) is 5.23. The molecule has 2 amide bonds. The first-order valence-electron chi connectivity index (χ1n) is 11.8. The van der Waals surface area contributed by atoms with E-state index < -0.39 is 26.9 Å². The molecule has 2 aromatic heterocycles. The Balaban J connectivity index is 1.16. The molecule has 2 saturated carbocycles. The Labute approximate surface area is 207 Å². The number of nitrogens with one attached hydrogen (secondary N) is 2. The Morgan fingerprint density at radius 1 is 0.971 bits per heavy atom. The molecule has 11 heteroatoms. The third-order valence-electron chi connectivity index (χ3n) is 6.81. The van der Waals surface area contributed by atoms with E-state index in [2.05, 4.69) is 15.0 Å². The van der Waals surface area contributed by atoms with Gasteiger partial charge in [0.2, 0.25) is 11.0 Å². The van der Waals surface area contributed by atoms with Gasteiger partial charge < -0.3 is 14.2 Å². The Morgan fingerprint density at radius 3 is 2.46 bits per heavy atom. The number of halogens is 1. The maximum atomic E-state index is 12.7. The number of fused-ring (bicyclic) bond motifs is 1. The summed E-state index contributed by atoms with van der Waals surface area (Å²) in [5, 5.41) is 3.06. The predicted molar refractivity (Wildman–Crippen MR) is 127 cm³/mol. The molecule has 2 aliphatic rings. The van der Waals surface area contributed by atoms with Crippen LogP contribution in [0.5, 0.6) is 0 Å². The summed E-state index contributed by atoms with van der Waals surface area (Å²) in [7, 11) is -4.17. The second-order valence-electron chi connectivity index (χ2n) is 9.26. The van der Waals surface area contributed by atoms with Gasteiger partial charge in [0.25, 0.3) is 15.9 Å². The van der Waals surface area contributed by atoms with E-state index in [-0.39, 0.29) is 23.6 Å². The van der Waals surface area contributed by atoms with E-state index in [0.29, 0.717) is 29.3 Å². The smallest absolute Gasteiger partial charge is 0.297 e. The van der Waals surface area contributed by atoms with Crippen molar-refractivity contribution in [3.8, 4) is 0 Å². The van der Waals surface area contributed by atoms with Crippen LogP contribution in [0, 0.1) is 5.92 Å². The Morgan fingerprint density at radius 2 is 1.71 bits per heavy atom. The van der Waals surface area contributed by atoms with E-state index >= 15 is 0 Å². The number of rotatable bonds is 6. The molecular weight excluding hydrogens is 494 g/mol. The number of hydrogen-bond donors (Lipinski definition) is 2. The number of carbonyl (C=O) groups excluding carboxylic acids is 2. The van der Waals surface area contributed by atoms with Crippen LogP contribution < -0.4 is 10.0 Å². The SMILES string of the molecule is O=C(NC1CCC(c2nc3cc(Cl)ccc3o2)CC1)c1ccc(S(=O)(=O)NC(=O)C2CCCC2)o1. The molecule has 35 heavy (non-hydrogen) atoms. The second-order valence-corrected chi connectivity index (χ2v) is 11.3. The van der Waals surface area contributed by atoms with Gasteiger partial charge in [0.15, 0.2) is 17.2 Å². The molecule has 2 heterocycles. The third-order valence-corrected chi connectivity index (χ3v) is 8.26. The van der Waals surface area contributed by atoms with Crippen LogP contribution in [-0.2, 0) is 14.8 Å². The fraction of sp³-hybridized carbons (Fsp3) is 0.458. The van der Waals surface area contributed by atoms with Crippen LogP contribution in [0.25, 0.3) is 11.1 Å². The van der Waals surface area contributed by atoms with Gasteiger partial charge in [-0.15, -0.1) is 0 Å². The van der Waals surface area contributed by atoms with Crippen LogP contribution in [0.4, 0.5) is 0 Å². The van der Waals surface area contributed by atoms with Gasteiger partial charge in [-0.2, -0.15) is 8.42 Å². The summed E-state index contributed by atoms with van der Waals surface area (Å²) in [4.78, 5) is 29.4. The van der Waals surface area contributed by atoms with Gasteiger partial charge in [-0.1, -0.05) is 24.4 Å². The van der Waals surface area contributed by atoms with Gasteiger partial charge in [0.1, 0.15) is 5.52 Å². The lowest BCUT2D eigenvalue weighted by Crippen LogP contribution is -2.37. The van der Waals surface area contributed by atoms with Crippen molar-refractivity contribution in [2.24, 2.45) is 5.92 Å². The van der Waals surface area contributed by atoms with Crippen molar-refractivity contribution in [2.45, 2.75) is 68.4 Å².